The van der Waals surface area contributed by atoms with Crippen molar-refractivity contribution in [1.29, 1.82) is 0 Å². The molecule has 0 aromatic heterocycles. The van der Waals surface area contributed by atoms with Crippen molar-refractivity contribution in [2.24, 2.45) is 5.92 Å². The normalized spacial score (nSPS) is 22.4. The van der Waals surface area contributed by atoms with Crippen LogP contribution in [-0.2, 0) is 0 Å². The average Bonchev–Trinajstić information content (AvgIpc) is 3.37. The Hall–Kier alpha value is -0.510. The first kappa shape index (κ1) is 15.4. The van der Waals surface area contributed by atoms with E-state index in [1.807, 2.05) is 11.8 Å². The third kappa shape index (κ3) is 4.24. The van der Waals surface area contributed by atoms with Crippen LogP contribution in [0.5, 0.6) is 0 Å². The van der Waals surface area contributed by atoms with E-state index in [-0.39, 0.29) is 0 Å². The number of nitrogens with zero attached hydrogens (tertiary/aromatic N) is 1. The molecule has 1 atom stereocenters. The lowest BCUT2D eigenvalue weighted by Crippen LogP contribution is -2.43. The highest BCUT2D eigenvalue weighted by Crippen LogP contribution is 2.29. The SMILES string of the molecule is CSc1ccc(C(C)N2CCC(NCC3CC3)CC2)cc1. The molecule has 1 aliphatic carbocycles. The maximum atomic E-state index is 3.77. The lowest BCUT2D eigenvalue weighted by molar-refractivity contribution is 0.152. The molecule has 0 radical (unpaired) electrons. The van der Waals surface area contributed by atoms with Gasteiger partial charge in [-0.2, -0.15) is 0 Å². The van der Waals surface area contributed by atoms with Gasteiger partial charge in [-0.05, 0) is 69.0 Å². The second-order valence-corrected chi connectivity index (χ2v) is 7.49. The van der Waals surface area contributed by atoms with Crippen LogP contribution in [0.25, 0.3) is 0 Å². The van der Waals surface area contributed by atoms with Crippen molar-refractivity contribution >= 4 is 11.8 Å². The Morgan fingerprint density at radius 1 is 1.14 bits per heavy atom. The molecule has 116 valence electrons. The number of hydrogen-bond acceptors (Lipinski definition) is 3. The molecule has 1 heterocycles. The van der Waals surface area contributed by atoms with Crippen molar-refractivity contribution < 1.29 is 0 Å². The van der Waals surface area contributed by atoms with E-state index in [2.05, 4.69) is 47.7 Å². The van der Waals surface area contributed by atoms with Gasteiger partial charge in [-0.1, -0.05) is 12.1 Å². The van der Waals surface area contributed by atoms with Gasteiger partial charge >= 0.3 is 0 Å². The zero-order chi connectivity index (χ0) is 14.7. The molecule has 3 rings (SSSR count). The van der Waals surface area contributed by atoms with Crippen molar-refractivity contribution in [3.63, 3.8) is 0 Å². The number of thioether (sulfide) groups is 1. The van der Waals surface area contributed by atoms with E-state index in [0.717, 1.165) is 12.0 Å². The standard InChI is InChI=1S/C18H28N2S/c1-14(16-5-7-18(21-2)8-6-16)20-11-9-17(10-12-20)19-13-15-3-4-15/h5-8,14-15,17,19H,3-4,9-13H2,1-2H3. The molecular weight excluding hydrogens is 276 g/mol. The number of likely N-dealkylation sites (tertiary alicyclic amines) is 1. The molecule has 2 fully saturated rings. The van der Waals surface area contributed by atoms with Gasteiger partial charge in [-0.15, -0.1) is 11.8 Å². The summed E-state index contributed by atoms with van der Waals surface area (Å²) in [7, 11) is 0. The topological polar surface area (TPSA) is 15.3 Å². The van der Waals surface area contributed by atoms with Gasteiger partial charge < -0.3 is 5.32 Å². The highest BCUT2D eigenvalue weighted by Gasteiger charge is 2.26. The zero-order valence-corrected chi connectivity index (χ0v) is 14.2. The lowest BCUT2D eigenvalue weighted by Gasteiger charge is -2.36. The van der Waals surface area contributed by atoms with Gasteiger partial charge in [0.15, 0.2) is 0 Å². The Labute approximate surface area is 133 Å². The summed E-state index contributed by atoms with van der Waals surface area (Å²) in [6, 6.07) is 10.4. The second-order valence-electron chi connectivity index (χ2n) is 6.61. The summed E-state index contributed by atoms with van der Waals surface area (Å²) in [4.78, 5) is 4.00. The van der Waals surface area contributed by atoms with Gasteiger partial charge in [-0.25, -0.2) is 0 Å². The molecule has 0 bridgehead atoms. The molecule has 3 heteroatoms. The molecule has 0 amide bonds. The van der Waals surface area contributed by atoms with Crippen molar-refractivity contribution in [2.45, 2.75) is 49.6 Å². The van der Waals surface area contributed by atoms with Crippen molar-refractivity contribution in [3.05, 3.63) is 29.8 Å². The lowest BCUT2D eigenvalue weighted by atomic mass is 10.00. The second kappa shape index (κ2) is 7.17. The van der Waals surface area contributed by atoms with Crippen LogP contribution in [0.4, 0.5) is 0 Å². The van der Waals surface area contributed by atoms with Crippen LogP contribution >= 0.6 is 11.8 Å². The summed E-state index contributed by atoms with van der Waals surface area (Å²) in [5, 5.41) is 3.77. The molecule has 1 aromatic rings. The minimum Gasteiger partial charge on any atom is -0.314 e. The Balaban J connectivity index is 1.47. The van der Waals surface area contributed by atoms with Crippen LogP contribution < -0.4 is 5.32 Å². The summed E-state index contributed by atoms with van der Waals surface area (Å²) < 4.78 is 0. The Morgan fingerprint density at radius 2 is 1.81 bits per heavy atom. The van der Waals surface area contributed by atoms with Gasteiger partial charge in [0.05, 0.1) is 0 Å². The third-order valence-corrected chi connectivity index (χ3v) is 5.81. The monoisotopic (exact) mass is 304 g/mol. The predicted molar refractivity (Wildman–Crippen MR) is 92.0 cm³/mol. The van der Waals surface area contributed by atoms with Crippen molar-refractivity contribution in [2.75, 3.05) is 25.9 Å². The number of hydrogen-bond donors (Lipinski definition) is 1. The fraction of sp³-hybridized carbons (Fsp3) is 0.667. The molecule has 2 aliphatic rings. The first-order chi connectivity index (χ1) is 10.3. The van der Waals surface area contributed by atoms with Crippen molar-refractivity contribution in [3.8, 4) is 0 Å². The number of nitrogens with one attached hydrogen (secondary N) is 1. The van der Waals surface area contributed by atoms with Gasteiger partial charge in [0, 0.05) is 30.1 Å². The first-order valence-electron chi connectivity index (χ1n) is 8.37. The molecule has 0 spiro atoms. The molecule has 1 saturated carbocycles. The average molecular weight is 305 g/mol. The maximum Gasteiger partial charge on any atom is 0.0319 e. The number of piperidine rings is 1. The maximum absolute atomic E-state index is 3.77. The van der Waals surface area contributed by atoms with E-state index in [9.17, 15) is 0 Å². The third-order valence-electron chi connectivity index (χ3n) is 5.07. The van der Waals surface area contributed by atoms with Gasteiger partial charge in [-0.3, -0.25) is 4.90 Å². The van der Waals surface area contributed by atoms with E-state index in [1.165, 1.54) is 55.8 Å². The van der Waals surface area contributed by atoms with Crippen LogP contribution in [0.2, 0.25) is 0 Å². The van der Waals surface area contributed by atoms with E-state index >= 15 is 0 Å². The predicted octanol–water partition coefficient (Wildman–Crippen LogP) is 3.93. The van der Waals surface area contributed by atoms with Crippen LogP contribution in [0.1, 0.15) is 44.2 Å². The molecule has 21 heavy (non-hydrogen) atoms. The van der Waals surface area contributed by atoms with Crippen LogP contribution in [-0.4, -0.2) is 36.8 Å². The number of benzene rings is 1. The van der Waals surface area contributed by atoms with Crippen molar-refractivity contribution in [1.82, 2.24) is 10.2 Å². The highest BCUT2D eigenvalue weighted by molar-refractivity contribution is 7.98. The smallest absolute Gasteiger partial charge is 0.0319 e. The minimum atomic E-state index is 0.547. The van der Waals surface area contributed by atoms with E-state index < -0.39 is 0 Å². The quantitative estimate of drug-likeness (QED) is 0.802. The molecule has 1 unspecified atom stereocenters. The van der Waals surface area contributed by atoms with Crippen LogP contribution in [0, 0.1) is 5.92 Å². The molecule has 1 N–H and O–H groups in total. The molecular formula is C18H28N2S. The summed E-state index contributed by atoms with van der Waals surface area (Å²) in [6.07, 6.45) is 7.65. The largest absolute Gasteiger partial charge is 0.314 e. The van der Waals surface area contributed by atoms with Crippen LogP contribution in [0.15, 0.2) is 29.2 Å². The zero-order valence-electron chi connectivity index (χ0n) is 13.3. The molecule has 2 nitrogen and oxygen atoms in total. The minimum absolute atomic E-state index is 0.547. The first-order valence-corrected chi connectivity index (χ1v) is 9.60. The van der Waals surface area contributed by atoms with E-state index in [1.54, 1.807) is 0 Å². The Bertz CT molecular complexity index is 433. The van der Waals surface area contributed by atoms with E-state index in [4.69, 9.17) is 0 Å². The molecule has 1 saturated heterocycles. The summed E-state index contributed by atoms with van der Waals surface area (Å²) in [5.74, 6) is 0.997. The number of rotatable bonds is 6. The summed E-state index contributed by atoms with van der Waals surface area (Å²) in [6.45, 7) is 6.07. The molecule has 1 aromatic carbocycles. The Kier molecular flexibility index (Phi) is 5.25. The fourth-order valence-corrected chi connectivity index (χ4v) is 3.65. The fourth-order valence-electron chi connectivity index (χ4n) is 3.24. The Morgan fingerprint density at radius 3 is 2.38 bits per heavy atom. The van der Waals surface area contributed by atoms with Gasteiger partial charge in [0.1, 0.15) is 0 Å². The van der Waals surface area contributed by atoms with E-state index in [0.29, 0.717) is 6.04 Å². The van der Waals surface area contributed by atoms with Gasteiger partial charge in [0.25, 0.3) is 0 Å². The van der Waals surface area contributed by atoms with Gasteiger partial charge in [0.2, 0.25) is 0 Å². The highest BCUT2D eigenvalue weighted by atomic mass is 32.2. The molecule has 1 aliphatic heterocycles. The summed E-state index contributed by atoms with van der Waals surface area (Å²) in [5.41, 5.74) is 1.46. The van der Waals surface area contributed by atoms with Crippen LogP contribution in [0.3, 0.4) is 0 Å². The summed E-state index contributed by atoms with van der Waals surface area (Å²) >= 11 is 1.82.